The van der Waals surface area contributed by atoms with Gasteiger partial charge in [0.15, 0.2) is 0 Å². The van der Waals surface area contributed by atoms with Crippen LogP contribution in [0, 0.1) is 17.8 Å². The Bertz CT molecular complexity index is 820. The molecule has 0 N–H and O–H groups in total. The predicted molar refractivity (Wildman–Crippen MR) is 135 cm³/mol. The summed E-state index contributed by atoms with van der Waals surface area (Å²) in [4.78, 5) is 0. The molecule has 0 heterocycles. The predicted octanol–water partition coefficient (Wildman–Crippen LogP) is 8.84. The molecule has 0 amide bonds. The molecule has 0 aromatic heterocycles. The normalized spacial score (nSPS) is 18.2. The van der Waals surface area contributed by atoms with E-state index in [2.05, 4.69) is 73.9 Å². The van der Waals surface area contributed by atoms with Crippen LogP contribution in [0.5, 0.6) is 0 Å². The lowest BCUT2D eigenvalue weighted by atomic mass is 9.77. The van der Waals surface area contributed by atoms with Crippen molar-refractivity contribution in [2.45, 2.75) is 89.9 Å². The Labute approximate surface area is 191 Å². The number of benzene rings is 2. The molecule has 0 radical (unpaired) electrons. The van der Waals surface area contributed by atoms with Gasteiger partial charge in [0.05, 0.1) is 0 Å². The van der Waals surface area contributed by atoms with Crippen LogP contribution in [0.2, 0.25) is 0 Å². The van der Waals surface area contributed by atoms with Crippen LogP contribution < -0.4 is 0 Å². The van der Waals surface area contributed by atoms with Crippen molar-refractivity contribution < 1.29 is 0 Å². The second-order valence-corrected chi connectivity index (χ2v) is 9.32. The highest BCUT2D eigenvalue weighted by molar-refractivity contribution is 5.44. The Kier molecular flexibility index (Phi) is 9.98. The number of hydrogen-bond donors (Lipinski definition) is 0. The molecule has 0 atom stereocenters. The van der Waals surface area contributed by atoms with Gasteiger partial charge in [0.1, 0.15) is 0 Å². The first kappa shape index (κ1) is 23.4. The van der Waals surface area contributed by atoms with Crippen molar-refractivity contribution in [1.82, 2.24) is 0 Å². The molecule has 2 aromatic carbocycles. The second kappa shape index (κ2) is 13.2. The summed E-state index contributed by atoms with van der Waals surface area (Å²) in [5.41, 5.74) is 5.13. The van der Waals surface area contributed by atoms with Crippen LogP contribution in [-0.2, 0) is 6.42 Å². The number of allylic oxidation sites excluding steroid dienone is 1. The minimum atomic E-state index is 0.753. The van der Waals surface area contributed by atoms with Gasteiger partial charge in [0.25, 0.3) is 0 Å². The zero-order valence-corrected chi connectivity index (χ0v) is 19.5. The molecule has 0 heteroatoms. The molecule has 0 unspecified atom stereocenters. The quantitative estimate of drug-likeness (QED) is 0.208. The van der Waals surface area contributed by atoms with Gasteiger partial charge in [-0.1, -0.05) is 74.8 Å². The van der Waals surface area contributed by atoms with Gasteiger partial charge >= 0.3 is 0 Å². The summed E-state index contributed by atoms with van der Waals surface area (Å²) in [6.07, 6.45) is 17.9. The highest BCUT2D eigenvalue weighted by Crippen LogP contribution is 2.37. The molecule has 31 heavy (non-hydrogen) atoms. The molecule has 0 aliphatic heterocycles. The van der Waals surface area contributed by atoms with Gasteiger partial charge < -0.3 is 0 Å². The van der Waals surface area contributed by atoms with Gasteiger partial charge in [0.2, 0.25) is 0 Å². The first-order valence-corrected chi connectivity index (χ1v) is 12.6. The summed E-state index contributed by atoms with van der Waals surface area (Å²) in [6, 6.07) is 17.8. The molecular weight excluding hydrogens is 372 g/mol. The van der Waals surface area contributed by atoms with Gasteiger partial charge in [0, 0.05) is 11.1 Å². The van der Waals surface area contributed by atoms with Crippen LogP contribution in [0.15, 0.2) is 61.2 Å². The Morgan fingerprint density at radius 2 is 1.45 bits per heavy atom. The minimum Gasteiger partial charge on any atom is -0.103 e. The van der Waals surface area contributed by atoms with E-state index in [1.807, 2.05) is 6.08 Å². The van der Waals surface area contributed by atoms with Crippen molar-refractivity contribution >= 4 is 0 Å². The number of rotatable bonds is 10. The van der Waals surface area contributed by atoms with E-state index in [-0.39, 0.29) is 0 Å². The molecule has 2 aromatic rings. The summed E-state index contributed by atoms with van der Waals surface area (Å²) in [5, 5.41) is 0. The lowest BCUT2D eigenvalue weighted by Crippen LogP contribution is -2.13. The van der Waals surface area contributed by atoms with Crippen molar-refractivity contribution in [3.63, 3.8) is 0 Å². The first-order valence-electron chi connectivity index (χ1n) is 12.6. The molecule has 1 aliphatic carbocycles. The minimum absolute atomic E-state index is 0.753. The molecule has 0 saturated heterocycles. The zero-order valence-electron chi connectivity index (χ0n) is 19.5. The van der Waals surface area contributed by atoms with Crippen molar-refractivity contribution in [3.8, 4) is 11.8 Å². The maximum Gasteiger partial charge on any atom is 0.0249 e. The Balaban J connectivity index is 1.47. The summed E-state index contributed by atoms with van der Waals surface area (Å²) in [7, 11) is 0. The fraction of sp³-hybridized carbons (Fsp3) is 0.484. The van der Waals surface area contributed by atoms with E-state index in [0.717, 1.165) is 35.8 Å². The van der Waals surface area contributed by atoms with Gasteiger partial charge in [-0.15, -0.1) is 6.58 Å². The maximum atomic E-state index is 3.79. The smallest absolute Gasteiger partial charge is 0.0249 e. The van der Waals surface area contributed by atoms with Crippen LogP contribution in [-0.4, -0.2) is 0 Å². The van der Waals surface area contributed by atoms with Crippen LogP contribution in [0.1, 0.15) is 106 Å². The summed E-state index contributed by atoms with van der Waals surface area (Å²) < 4.78 is 0. The van der Waals surface area contributed by atoms with Crippen LogP contribution >= 0.6 is 0 Å². The van der Waals surface area contributed by atoms with E-state index < -0.39 is 0 Å². The molecule has 164 valence electrons. The molecule has 0 bridgehead atoms. The number of aryl methyl sites for hydroxylation is 1. The Hall–Kier alpha value is -2.26. The van der Waals surface area contributed by atoms with Crippen LogP contribution in [0.3, 0.4) is 0 Å². The van der Waals surface area contributed by atoms with Crippen LogP contribution in [0.4, 0.5) is 0 Å². The number of unbranched alkanes of at least 4 members (excludes halogenated alkanes) is 4. The second-order valence-electron chi connectivity index (χ2n) is 9.32. The van der Waals surface area contributed by atoms with Crippen molar-refractivity contribution in [1.29, 1.82) is 0 Å². The first-order chi connectivity index (χ1) is 15.3. The Morgan fingerprint density at radius 1 is 0.806 bits per heavy atom. The SMILES string of the molecule is C=CCCCCc1ccc(C#Cc2ccc(C3CCC(CCCCC)CC3)cc2)cc1. The molecule has 1 aliphatic rings. The van der Waals surface area contributed by atoms with Gasteiger partial charge in [-0.25, -0.2) is 0 Å². The third kappa shape index (κ3) is 8.06. The van der Waals surface area contributed by atoms with Gasteiger partial charge in [-0.05, 0) is 98.6 Å². The molecule has 0 nitrogen and oxygen atoms in total. The summed E-state index contributed by atoms with van der Waals surface area (Å²) >= 11 is 0. The molecule has 1 fully saturated rings. The third-order valence-electron chi connectivity index (χ3n) is 6.87. The van der Waals surface area contributed by atoms with Gasteiger partial charge in [-0.3, -0.25) is 0 Å². The lowest BCUT2D eigenvalue weighted by molar-refractivity contribution is 0.303. The summed E-state index contributed by atoms with van der Waals surface area (Å²) in [6.45, 7) is 6.09. The van der Waals surface area contributed by atoms with E-state index in [9.17, 15) is 0 Å². The lowest BCUT2D eigenvalue weighted by Gasteiger charge is -2.29. The molecule has 3 rings (SSSR count). The third-order valence-corrected chi connectivity index (χ3v) is 6.87. The van der Waals surface area contributed by atoms with E-state index in [4.69, 9.17) is 0 Å². The van der Waals surface area contributed by atoms with Crippen molar-refractivity contribution in [3.05, 3.63) is 83.4 Å². The van der Waals surface area contributed by atoms with Gasteiger partial charge in [-0.2, -0.15) is 0 Å². The fourth-order valence-electron chi connectivity index (χ4n) is 4.82. The van der Waals surface area contributed by atoms with E-state index >= 15 is 0 Å². The Morgan fingerprint density at radius 3 is 2.06 bits per heavy atom. The maximum absolute atomic E-state index is 3.79. The van der Waals surface area contributed by atoms with E-state index in [0.29, 0.717) is 0 Å². The topological polar surface area (TPSA) is 0 Å². The fourth-order valence-corrected chi connectivity index (χ4v) is 4.82. The summed E-state index contributed by atoms with van der Waals surface area (Å²) in [5.74, 6) is 8.41. The van der Waals surface area contributed by atoms with Crippen molar-refractivity contribution in [2.75, 3.05) is 0 Å². The number of hydrogen-bond acceptors (Lipinski definition) is 0. The van der Waals surface area contributed by atoms with Crippen molar-refractivity contribution in [2.24, 2.45) is 5.92 Å². The highest BCUT2D eigenvalue weighted by atomic mass is 14.3. The molecule has 1 saturated carbocycles. The highest BCUT2D eigenvalue weighted by Gasteiger charge is 2.21. The largest absolute Gasteiger partial charge is 0.103 e. The monoisotopic (exact) mass is 412 g/mol. The molecular formula is C31H40. The average molecular weight is 413 g/mol. The standard InChI is InChI=1S/C31H40/c1-3-5-7-9-11-26-12-14-28(15-13-26)16-17-29-20-24-31(25-21-29)30-22-18-27(19-23-30)10-8-6-4-2/h3,12-15,20-21,24-25,27,30H,1,4-11,18-19,22-23H2,2H3. The molecule has 0 spiro atoms. The zero-order chi connectivity index (χ0) is 21.7. The van der Waals surface area contributed by atoms with Crippen LogP contribution in [0.25, 0.3) is 0 Å². The van der Waals surface area contributed by atoms with E-state index in [1.165, 1.54) is 75.3 Å². The van der Waals surface area contributed by atoms with E-state index in [1.54, 1.807) is 0 Å². The average Bonchev–Trinajstić information content (AvgIpc) is 2.82.